The summed E-state index contributed by atoms with van der Waals surface area (Å²) in [6, 6.07) is 2.94. The van der Waals surface area contributed by atoms with Crippen molar-refractivity contribution in [3.05, 3.63) is 40.2 Å². The molecular weight excluding hydrogens is 430 g/mol. The van der Waals surface area contributed by atoms with Crippen molar-refractivity contribution in [2.75, 3.05) is 32.1 Å². The summed E-state index contributed by atoms with van der Waals surface area (Å²) in [7, 11) is 1.44. The van der Waals surface area contributed by atoms with Crippen LogP contribution in [-0.4, -0.2) is 56.5 Å². The smallest absolute Gasteiger partial charge is 0.341 e. The van der Waals surface area contributed by atoms with Gasteiger partial charge in [-0.25, -0.2) is 4.79 Å². The van der Waals surface area contributed by atoms with E-state index in [4.69, 9.17) is 13.9 Å². The third-order valence-corrected chi connectivity index (χ3v) is 5.02. The standard InChI is InChI=1S/C19H21N3O8S/c1-4-28-19(27)14-10(2)15(17(26)20-3)31-18(14)22-12(23)9-30-13(24)8-21-16(25)11-6-5-7-29-11/h5-7H,4,8-9H2,1-3H3,(H,20,26)(H,21,25)(H,22,23). The summed E-state index contributed by atoms with van der Waals surface area (Å²) in [5, 5.41) is 7.29. The first-order chi connectivity index (χ1) is 14.8. The molecule has 2 rings (SSSR count). The second-order valence-electron chi connectivity index (χ2n) is 5.93. The number of rotatable bonds is 9. The van der Waals surface area contributed by atoms with Gasteiger partial charge in [-0.1, -0.05) is 0 Å². The van der Waals surface area contributed by atoms with Crippen LogP contribution in [-0.2, 0) is 19.1 Å². The number of anilines is 1. The average molecular weight is 451 g/mol. The minimum Gasteiger partial charge on any atom is -0.462 e. The largest absolute Gasteiger partial charge is 0.462 e. The summed E-state index contributed by atoms with van der Waals surface area (Å²) in [6.07, 6.45) is 1.31. The van der Waals surface area contributed by atoms with E-state index in [1.165, 1.54) is 25.4 Å². The molecule has 0 aliphatic rings. The van der Waals surface area contributed by atoms with Crippen LogP contribution >= 0.6 is 11.3 Å². The summed E-state index contributed by atoms with van der Waals surface area (Å²) in [5.41, 5.74) is 0.409. The first-order valence-corrected chi connectivity index (χ1v) is 9.89. The lowest BCUT2D eigenvalue weighted by molar-refractivity contribution is -0.146. The van der Waals surface area contributed by atoms with Crippen molar-refractivity contribution in [1.82, 2.24) is 10.6 Å². The number of carbonyl (C=O) groups excluding carboxylic acids is 5. The van der Waals surface area contributed by atoms with Gasteiger partial charge < -0.3 is 29.8 Å². The molecular formula is C19H21N3O8S. The number of ether oxygens (including phenoxy) is 2. The van der Waals surface area contributed by atoms with Gasteiger partial charge in [0.2, 0.25) is 0 Å². The van der Waals surface area contributed by atoms with E-state index >= 15 is 0 Å². The van der Waals surface area contributed by atoms with Crippen LogP contribution in [0.1, 0.15) is 43.1 Å². The molecule has 3 N–H and O–H groups in total. The van der Waals surface area contributed by atoms with Gasteiger partial charge in [0.1, 0.15) is 11.5 Å². The Morgan fingerprint density at radius 2 is 1.87 bits per heavy atom. The average Bonchev–Trinajstić information content (AvgIpc) is 3.38. The molecule has 0 aliphatic heterocycles. The SMILES string of the molecule is CCOC(=O)c1c(NC(=O)COC(=O)CNC(=O)c2ccco2)sc(C(=O)NC)c1C. The number of esters is 2. The second-order valence-corrected chi connectivity index (χ2v) is 6.95. The highest BCUT2D eigenvalue weighted by atomic mass is 32.1. The Hall–Kier alpha value is -3.67. The van der Waals surface area contributed by atoms with Crippen molar-refractivity contribution in [3.8, 4) is 0 Å². The van der Waals surface area contributed by atoms with Gasteiger partial charge in [0.25, 0.3) is 17.7 Å². The lowest BCUT2D eigenvalue weighted by Crippen LogP contribution is -2.32. The molecule has 0 spiro atoms. The molecule has 0 aliphatic carbocycles. The van der Waals surface area contributed by atoms with Crippen LogP contribution in [0.25, 0.3) is 0 Å². The molecule has 0 saturated heterocycles. The molecule has 0 radical (unpaired) electrons. The number of thiophene rings is 1. The summed E-state index contributed by atoms with van der Waals surface area (Å²) in [6.45, 7) is 2.16. The van der Waals surface area contributed by atoms with Crippen molar-refractivity contribution >= 4 is 46.0 Å². The van der Waals surface area contributed by atoms with Gasteiger partial charge in [0.15, 0.2) is 12.4 Å². The highest BCUT2D eigenvalue weighted by molar-refractivity contribution is 7.18. The van der Waals surface area contributed by atoms with E-state index in [0.29, 0.717) is 5.56 Å². The lowest BCUT2D eigenvalue weighted by Gasteiger charge is -2.08. The fourth-order valence-electron chi connectivity index (χ4n) is 2.39. The van der Waals surface area contributed by atoms with Crippen molar-refractivity contribution in [2.24, 2.45) is 0 Å². The van der Waals surface area contributed by atoms with Crippen molar-refractivity contribution < 1.29 is 37.9 Å². The topological polar surface area (TPSA) is 153 Å². The minimum absolute atomic E-state index is 0.0250. The van der Waals surface area contributed by atoms with E-state index in [0.717, 1.165) is 11.3 Å². The molecule has 12 heteroatoms. The Bertz CT molecular complexity index is 981. The first kappa shape index (κ1) is 23.6. The maximum Gasteiger partial charge on any atom is 0.341 e. The molecule has 0 saturated carbocycles. The van der Waals surface area contributed by atoms with Gasteiger partial charge >= 0.3 is 11.9 Å². The lowest BCUT2D eigenvalue weighted by atomic mass is 10.1. The Kier molecular flexibility index (Phi) is 8.32. The van der Waals surface area contributed by atoms with Crippen molar-refractivity contribution in [3.63, 3.8) is 0 Å². The number of carbonyl (C=O) groups is 5. The van der Waals surface area contributed by atoms with Crippen LogP contribution in [0.2, 0.25) is 0 Å². The summed E-state index contributed by atoms with van der Waals surface area (Å²) in [5.74, 6) is -3.29. The Morgan fingerprint density at radius 1 is 1.13 bits per heavy atom. The molecule has 31 heavy (non-hydrogen) atoms. The molecule has 0 atom stereocenters. The van der Waals surface area contributed by atoms with Gasteiger partial charge in [-0.15, -0.1) is 11.3 Å². The van der Waals surface area contributed by atoms with Gasteiger partial charge in [0, 0.05) is 7.05 Å². The molecule has 11 nitrogen and oxygen atoms in total. The fraction of sp³-hybridized carbons (Fsp3) is 0.316. The monoisotopic (exact) mass is 451 g/mol. The molecule has 3 amide bonds. The zero-order valence-corrected chi connectivity index (χ0v) is 17.8. The minimum atomic E-state index is -0.853. The first-order valence-electron chi connectivity index (χ1n) is 9.08. The number of amides is 3. The molecule has 2 aromatic heterocycles. The van der Waals surface area contributed by atoms with Crippen LogP contribution in [0.15, 0.2) is 22.8 Å². The van der Waals surface area contributed by atoms with Crippen LogP contribution in [0, 0.1) is 6.92 Å². The molecule has 166 valence electrons. The number of hydrogen-bond donors (Lipinski definition) is 3. The quantitative estimate of drug-likeness (QED) is 0.479. The van der Waals surface area contributed by atoms with Crippen LogP contribution in [0.3, 0.4) is 0 Å². The fourth-order valence-corrected chi connectivity index (χ4v) is 3.55. The van der Waals surface area contributed by atoms with Crippen LogP contribution < -0.4 is 16.0 Å². The van der Waals surface area contributed by atoms with Crippen LogP contribution in [0.4, 0.5) is 5.00 Å². The predicted molar refractivity (Wildman–Crippen MR) is 109 cm³/mol. The third-order valence-electron chi connectivity index (χ3n) is 3.82. The van der Waals surface area contributed by atoms with Crippen molar-refractivity contribution in [2.45, 2.75) is 13.8 Å². The summed E-state index contributed by atoms with van der Waals surface area (Å²) < 4.78 is 14.7. The van der Waals surface area contributed by atoms with Gasteiger partial charge in [-0.3, -0.25) is 19.2 Å². The summed E-state index contributed by atoms with van der Waals surface area (Å²) in [4.78, 5) is 60.2. The third kappa shape index (κ3) is 6.15. The highest BCUT2D eigenvalue weighted by Gasteiger charge is 2.26. The predicted octanol–water partition coefficient (Wildman–Crippen LogP) is 1.10. The van der Waals surface area contributed by atoms with E-state index < -0.39 is 42.8 Å². The van der Waals surface area contributed by atoms with Gasteiger partial charge in [-0.2, -0.15) is 0 Å². The molecule has 0 fully saturated rings. The Balaban J connectivity index is 1.97. The van der Waals surface area contributed by atoms with Gasteiger partial charge in [0.05, 0.1) is 23.3 Å². The maximum atomic E-state index is 12.3. The Morgan fingerprint density at radius 3 is 2.48 bits per heavy atom. The zero-order valence-electron chi connectivity index (χ0n) is 17.0. The summed E-state index contributed by atoms with van der Waals surface area (Å²) >= 11 is 0.896. The van der Waals surface area contributed by atoms with E-state index in [1.807, 2.05) is 0 Å². The highest BCUT2D eigenvalue weighted by Crippen LogP contribution is 2.33. The van der Waals surface area contributed by atoms with Crippen molar-refractivity contribution in [1.29, 1.82) is 0 Å². The zero-order chi connectivity index (χ0) is 23.0. The normalized spacial score (nSPS) is 10.2. The molecule has 2 heterocycles. The molecule has 0 bridgehead atoms. The van der Waals surface area contributed by atoms with E-state index in [2.05, 4.69) is 16.0 Å². The Labute approximate surface area is 181 Å². The number of furan rings is 1. The van der Waals surface area contributed by atoms with E-state index in [1.54, 1.807) is 13.8 Å². The van der Waals surface area contributed by atoms with Gasteiger partial charge in [-0.05, 0) is 31.5 Å². The van der Waals surface area contributed by atoms with E-state index in [-0.39, 0.29) is 27.8 Å². The molecule has 2 aromatic rings. The number of nitrogens with one attached hydrogen (secondary N) is 3. The second kappa shape index (κ2) is 10.9. The molecule has 0 aromatic carbocycles. The van der Waals surface area contributed by atoms with Crippen LogP contribution in [0.5, 0.6) is 0 Å². The number of hydrogen-bond acceptors (Lipinski definition) is 9. The maximum absolute atomic E-state index is 12.3. The molecule has 0 unspecified atom stereocenters. The van der Waals surface area contributed by atoms with E-state index in [9.17, 15) is 24.0 Å².